The lowest BCUT2D eigenvalue weighted by Gasteiger charge is -2.07. The van der Waals surface area contributed by atoms with Gasteiger partial charge in [0.05, 0.1) is 0 Å². The molecular formula is C11H21NO3. The number of unbranched alkanes of at least 4 members (excludes halogenated alkanes) is 3. The Labute approximate surface area is 91.2 Å². The Kier molecular flexibility index (Phi) is 7.86. The van der Waals surface area contributed by atoms with Crippen molar-refractivity contribution >= 4 is 5.78 Å². The van der Waals surface area contributed by atoms with E-state index in [0.717, 1.165) is 25.7 Å². The van der Waals surface area contributed by atoms with Gasteiger partial charge in [-0.25, -0.2) is 0 Å². The molecule has 15 heavy (non-hydrogen) atoms. The van der Waals surface area contributed by atoms with Gasteiger partial charge < -0.3 is 4.79 Å². The highest BCUT2D eigenvalue weighted by Crippen LogP contribution is 2.12. The largest absolute Gasteiger partial charge is 0.300 e. The van der Waals surface area contributed by atoms with Gasteiger partial charge in [0.2, 0.25) is 6.04 Å². The van der Waals surface area contributed by atoms with Crippen molar-refractivity contribution in [2.75, 3.05) is 0 Å². The van der Waals surface area contributed by atoms with Crippen LogP contribution in [0.1, 0.15) is 58.8 Å². The molecule has 0 spiro atoms. The molecule has 0 aromatic rings. The Hall–Kier alpha value is -0.930. The third-order valence-electron chi connectivity index (χ3n) is 2.52. The van der Waals surface area contributed by atoms with E-state index in [4.69, 9.17) is 0 Å². The molecule has 0 aliphatic heterocycles. The summed E-state index contributed by atoms with van der Waals surface area (Å²) in [4.78, 5) is 21.2. The summed E-state index contributed by atoms with van der Waals surface area (Å²) in [6, 6.07) is -0.522. The highest BCUT2D eigenvalue weighted by molar-refractivity contribution is 5.75. The molecule has 0 aliphatic rings. The van der Waals surface area contributed by atoms with Crippen LogP contribution in [-0.2, 0) is 4.79 Å². The zero-order valence-electron chi connectivity index (χ0n) is 9.70. The standard InChI is InChI=1S/C11H21NO3/c1-3-4-5-6-7-11(12(14)15)9-8-10(2)13/h11H,3-9H2,1-2H3. The second kappa shape index (κ2) is 8.38. The van der Waals surface area contributed by atoms with Gasteiger partial charge in [0.25, 0.3) is 0 Å². The SMILES string of the molecule is CCCCCCC(CCC(C)=O)[N+](=O)[O-]. The molecule has 0 saturated carbocycles. The minimum atomic E-state index is -0.522. The van der Waals surface area contributed by atoms with Crippen LogP contribution >= 0.6 is 0 Å². The minimum absolute atomic E-state index is 0.0374. The first-order valence-electron chi connectivity index (χ1n) is 5.70. The summed E-state index contributed by atoms with van der Waals surface area (Å²) in [5, 5.41) is 10.7. The molecule has 4 heteroatoms. The van der Waals surface area contributed by atoms with E-state index in [1.807, 2.05) is 0 Å². The van der Waals surface area contributed by atoms with Gasteiger partial charge in [-0.1, -0.05) is 26.2 Å². The van der Waals surface area contributed by atoms with Crippen LogP contribution in [0.5, 0.6) is 0 Å². The summed E-state index contributed by atoms with van der Waals surface area (Å²) in [7, 11) is 0. The molecule has 0 aromatic carbocycles. The molecule has 1 atom stereocenters. The Morgan fingerprint density at radius 2 is 1.93 bits per heavy atom. The van der Waals surface area contributed by atoms with E-state index in [9.17, 15) is 14.9 Å². The van der Waals surface area contributed by atoms with Crippen molar-refractivity contribution in [2.45, 2.75) is 64.8 Å². The van der Waals surface area contributed by atoms with E-state index < -0.39 is 6.04 Å². The number of carbonyl (C=O) groups excluding carboxylic acids is 1. The zero-order chi connectivity index (χ0) is 11.7. The summed E-state index contributed by atoms with van der Waals surface area (Å²) >= 11 is 0. The van der Waals surface area contributed by atoms with Gasteiger partial charge >= 0.3 is 0 Å². The maximum Gasteiger partial charge on any atom is 0.213 e. The van der Waals surface area contributed by atoms with Crippen molar-refractivity contribution < 1.29 is 9.72 Å². The summed E-state index contributed by atoms with van der Waals surface area (Å²) in [6.07, 6.45) is 5.57. The van der Waals surface area contributed by atoms with E-state index in [-0.39, 0.29) is 10.7 Å². The van der Waals surface area contributed by atoms with Crippen molar-refractivity contribution in [3.05, 3.63) is 10.1 Å². The fourth-order valence-electron chi connectivity index (χ4n) is 1.53. The summed E-state index contributed by atoms with van der Waals surface area (Å²) in [6.45, 7) is 3.59. The van der Waals surface area contributed by atoms with Crippen molar-refractivity contribution in [3.63, 3.8) is 0 Å². The van der Waals surface area contributed by atoms with Crippen molar-refractivity contribution in [2.24, 2.45) is 0 Å². The number of Topliss-reactive ketones (excluding diaryl/α,β-unsaturated/α-hetero) is 1. The number of nitro groups is 1. The average molecular weight is 215 g/mol. The lowest BCUT2D eigenvalue weighted by Crippen LogP contribution is -2.20. The number of ketones is 1. The molecule has 0 fully saturated rings. The fraction of sp³-hybridized carbons (Fsp3) is 0.909. The fourth-order valence-corrected chi connectivity index (χ4v) is 1.53. The third-order valence-corrected chi connectivity index (χ3v) is 2.52. The van der Waals surface area contributed by atoms with Gasteiger partial charge in [-0.15, -0.1) is 0 Å². The second-order valence-electron chi connectivity index (χ2n) is 4.03. The summed E-state index contributed by atoms with van der Waals surface area (Å²) < 4.78 is 0. The van der Waals surface area contributed by atoms with Crippen molar-refractivity contribution in [3.8, 4) is 0 Å². The molecule has 0 aromatic heterocycles. The number of hydrogen-bond acceptors (Lipinski definition) is 3. The first-order chi connectivity index (χ1) is 7.07. The van der Waals surface area contributed by atoms with Crippen LogP contribution in [-0.4, -0.2) is 16.7 Å². The van der Waals surface area contributed by atoms with E-state index in [2.05, 4.69) is 6.92 Å². The van der Waals surface area contributed by atoms with Crippen LogP contribution in [0.15, 0.2) is 0 Å². The Balaban J connectivity index is 3.73. The van der Waals surface area contributed by atoms with Gasteiger partial charge in [0.1, 0.15) is 5.78 Å². The molecule has 0 N–H and O–H groups in total. The number of hydrogen-bond donors (Lipinski definition) is 0. The highest BCUT2D eigenvalue weighted by Gasteiger charge is 2.19. The average Bonchev–Trinajstić information content (AvgIpc) is 2.15. The molecule has 88 valence electrons. The molecule has 0 bridgehead atoms. The molecule has 0 radical (unpaired) electrons. The van der Waals surface area contributed by atoms with Gasteiger partial charge in [-0.3, -0.25) is 10.1 Å². The molecule has 0 saturated heterocycles. The van der Waals surface area contributed by atoms with Crippen molar-refractivity contribution in [1.82, 2.24) is 0 Å². The maximum absolute atomic E-state index is 10.7. The van der Waals surface area contributed by atoms with Crippen LogP contribution in [0.2, 0.25) is 0 Å². The van der Waals surface area contributed by atoms with E-state index in [1.54, 1.807) is 0 Å². The lowest BCUT2D eigenvalue weighted by atomic mass is 10.0. The van der Waals surface area contributed by atoms with Crippen LogP contribution in [0, 0.1) is 10.1 Å². The number of nitrogens with zero attached hydrogens (tertiary/aromatic N) is 1. The van der Waals surface area contributed by atoms with Crippen molar-refractivity contribution in [1.29, 1.82) is 0 Å². The molecule has 0 rings (SSSR count). The van der Waals surface area contributed by atoms with Gasteiger partial charge in [-0.05, 0) is 13.3 Å². The predicted molar refractivity (Wildman–Crippen MR) is 59.5 cm³/mol. The van der Waals surface area contributed by atoms with Gasteiger partial charge in [0, 0.05) is 24.2 Å². The van der Waals surface area contributed by atoms with Gasteiger partial charge in [0.15, 0.2) is 0 Å². The smallest absolute Gasteiger partial charge is 0.213 e. The molecule has 0 amide bonds. The van der Waals surface area contributed by atoms with Crippen LogP contribution in [0.25, 0.3) is 0 Å². The molecule has 4 nitrogen and oxygen atoms in total. The van der Waals surface area contributed by atoms with Crippen LogP contribution < -0.4 is 0 Å². The first kappa shape index (κ1) is 14.1. The number of carbonyl (C=O) groups is 1. The first-order valence-corrected chi connectivity index (χ1v) is 5.70. The maximum atomic E-state index is 10.7. The third kappa shape index (κ3) is 8.09. The highest BCUT2D eigenvalue weighted by atomic mass is 16.6. The normalized spacial score (nSPS) is 12.4. The molecule has 0 aliphatic carbocycles. The Bertz CT molecular complexity index is 204. The zero-order valence-corrected chi connectivity index (χ0v) is 9.70. The molecule has 0 heterocycles. The number of rotatable bonds is 9. The van der Waals surface area contributed by atoms with E-state index in [1.165, 1.54) is 6.92 Å². The van der Waals surface area contributed by atoms with Gasteiger partial charge in [-0.2, -0.15) is 0 Å². The van der Waals surface area contributed by atoms with E-state index in [0.29, 0.717) is 19.3 Å². The monoisotopic (exact) mass is 215 g/mol. The molecule has 1 unspecified atom stereocenters. The minimum Gasteiger partial charge on any atom is -0.300 e. The van der Waals surface area contributed by atoms with Crippen LogP contribution in [0.4, 0.5) is 0 Å². The van der Waals surface area contributed by atoms with Crippen LogP contribution in [0.3, 0.4) is 0 Å². The summed E-state index contributed by atoms with van der Waals surface area (Å²) in [5.74, 6) is 0.0374. The quantitative estimate of drug-likeness (QED) is 0.337. The topological polar surface area (TPSA) is 60.2 Å². The lowest BCUT2D eigenvalue weighted by molar-refractivity contribution is -0.524. The molecular weight excluding hydrogens is 194 g/mol. The van der Waals surface area contributed by atoms with E-state index >= 15 is 0 Å². The second-order valence-corrected chi connectivity index (χ2v) is 4.03. The summed E-state index contributed by atoms with van der Waals surface area (Å²) in [5.41, 5.74) is 0. The predicted octanol–water partition coefficient (Wildman–Crippen LogP) is 2.97. The Morgan fingerprint density at radius 3 is 2.40 bits per heavy atom. The Morgan fingerprint density at radius 1 is 1.27 bits per heavy atom.